The van der Waals surface area contributed by atoms with Gasteiger partial charge in [0, 0.05) is 17.4 Å². The standard InChI is InChI=1S/C13H12BrNO/c14-7-8-15-13(16)12-6-5-10-3-1-2-4-11(10)9-12/h1-6,9H,7-8H2,(H,15,16). The van der Waals surface area contributed by atoms with E-state index >= 15 is 0 Å². The highest BCUT2D eigenvalue weighted by molar-refractivity contribution is 9.09. The van der Waals surface area contributed by atoms with Gasteiger partial charge in [-0.1, -0.05) is 46.3 Å². The third kappa shape index (κ3) is 2.42. The molecule has 1 N–H and O–H groups in total. The van der Waals surface area contributed by atoms with Crippen molar-refractivity contribution in [2.75, 3.05) is 11.9 Å². The Morgan fingerprint density at radius 3 is 2.62 bits per heavy atom. The van der Waals surface area contributed by atoms with E-state index < -0.39 is 0 Å². The Hall–Kier alpha value is -1.35. The average molecular weight is 278 g/mol. The minimum absolute atomic E-state index is 0.0230. The van der Waals surface area contributed by atoms with Crippen molar-refractivity contribution in [2.45, 2.75) is 0 Å². The first kappa shape index (κ1) is 11.1. The fourth-order valence-electron chi connectivity index (χ4n) is 1.59. The fourth-order valence-corrected chi connectivity index (χ4v) is 1.79. The number of carbonyl (C=O) groups is 1. The maximum Gasteiger partial charge on any atom is 0.251 e. The Labute approximate surface area is 103 Å². The molecule has 2 aromatic carbocycles. The maximum atomic E-state index is 11.7. The van der Waals surface area contributed by atoms with Gasteiger partial charge in [-0.2, -0.15) is 0 Å². The summed E-state index contributed by atoms with van der Waals surface area (Å²) in [5.74, 6) is -0.0230. The molecule has 0 aliphatic carbocycles. The van der Waals surface area contributed by atoms with E-state index in [-0.39, 0.29) is 5.91 Å². The number of hydrogen-bond acceptors (Lipinski definition) is 1. The molecule has 0 aliphatic heterocycles. The Balaban J connectivity index is 2.28. The van der Waals surface area contributed by atoms with Crippen LogP contribution in [-0.4, -0.2) is 17.8 Å². The van der Waals surface area contributed by atoms with Gasteiger partial charge in [0.1, 0.15) is 0 Å². The first-order chi connectivity index (χ1) is 7.81. The molecule has 0 unspecified atom stereocenters. The predicted molar refractivity (Wildman–Crippen MR) is 70.1 cm³/mol. The van der Waals surface area contributed by atoms with Crippen LogP contribution in [0.2, 0.25) is 0 Å². The first-order valence-electron chi connectivity index (χ1n) is 5.14. The van der Waals surface area contributed by atoms with Crippen molar-refractivity contribution in [1.82, 2.24) is 5.32 Å². The van der Waals surface area contributed by atoms with Crippen LogP contribution in [0.1, 0.15) is 10.4 Å². The number of rotatable bonds is 3. The van der Waals surface area contributed by atoms with E-state index in [1.807, 2.05) is 42.5 Å². The SMILES string of the molecule is O=C(NCCBr)c1ccc2ccccc2c1. The summed E-state index contributed by atoms with van der Waals surface area (Å²) in [4.78, 5) is 11.7. The number of fused-ring (bicyclic) bond motifs is 1. The van der Waals surface area contributed by atoms with E-state index in [1.54, 1.807) is 0 Å². The van der Waals surface area contributed by atoms with Gasteiger partial charge in [-0.3, -0.25) is 4.79 Å². The van der Waals surface area contributed by atoms with Gasteiger partial charge >= 0.3 is 0 Å². The van der Waals surface area contributed by atoms with Crippen LogP contribution in [0.3, 0.4) is 0 Å². The van der Waals surface area contributed by atoms with Gasteiger partial charge < -0.3 is 5.32 Å². The molecular formula is C13H12BrNO. The van der Waals surface area contributed by atoms with Crippen LogP contribution in [0, 0.1) is 0 Å². The molecule has 16 heavy (non-hydrogen) atoms. The number of halogens is 1. The van der Waals surface area contributed by atoms with Crippen molar-refractivity contribution >= 4 is 32.6 Å². The van der Waals surface area contributed by atoms with Crippen LogP contribution in [0.25, 0.3) is 10.8 Å². The van der Waals surface area contributed by atoms with Gasteiger partial charge in [-0.05, 0) is 22.9 Å². The zero-order valence-corrected chi connectivity index (χ0v) is 10.3. The number of carbonyl (C=O) groups excluding carboxylic acids is 1. The topological polar surface area (TPSA) is 29.1 Å². The third-order valence-electron chi connectivity index (χ3n) is 2.39. The molecule has 2 rings (SSSR count). The van der Waals surface area contributed by atoms with E-state index in [2.05, 4.69) is 21.2 Å². The van der Waals surface area contributed by atoms with Crippen LogP contribution in [0.15, 0.2) is 42.5 Å². The van der Waals surface area contributed by atoms with Gasteiger partial charge in [0.25, 0.3) is 5.91 Å². The second-order valence-electron chi connectivity index (χ2n) is 3.51. The molecule has 0 aliphatic rings. The number of benzene rings is 2. The van der Waals surface area contributed by atoms with E-state index in [0.717, 1.165) is 16.1 Å². The largest absolute Gasteiger partial charge is 0.351 e. The molecule has 0 radical (unpaired) electrons. The summed E-state index contributed by atoms with van der Waals surface area (Å²) in [5, 5.41) is 5.84. The summed E-state index contributed by atoms with van der Waals surface area (Å²) in [7, 11) is 0. The van der Waals surface area contributed by atoms with Crippen LogP contribution in [-0.2, 0) is 0 Å². The van der Waals surface area contributed by atoms with Crippen molar-refractivity contribution in [1.29, 1.82) is 0 Å². The second-order valence-corrected chi connectivity index (χ2v) is 4.30. The van der Waals surface area contributed by atoms with Crippen LogP contribution in [0.4, 0.5) is 0 Å². The quantitative estimate of drug-likeness (QED) is 0.859. The minimum atomic E-state index is -0.0230. The van der Waals surface area contributed by atoms with Crippen molar-refractivity contribution in [3.05, 3.63) is 48.0 Å². The van der Waals surface area contributed by atoms with E-state index in [0.29, 0.717) is 12.1 Å². The van der Waals surface area contributed by atoms with E-state index in [1.165, 1.54) is 0 Å². The molecule has 0 heterocycles. The van der Waals surface area contributed by atoms with Crippen molar-refractivity contribution < 1.29 is 4.79 Å². The summed E-state index contributed by atoms with van der Waals surface area (Å²) >= 11 is 3.28. The van der Waals surface area contributed by atoms with Crippen molar-refractivity contribution in [3.8, 4) is 0 Å². The summed E-state index contributed by atoms with van der Waals surface area (Å²) in [6.45, 7) is 0.645. The number of hydrogen-bond donors (Lipinski definition) is 1. The molecule has 0 bridgehead atoms. The average Bonchev–Trinajstić information content (AvgIpc) is 2.35. The predicted octanol–water partition coefficient (Wildman–Crippen LogP) is 2.96. The lowest BCUT2D eigenvalue weighted by molar-refractivity contribution is 0.0956. The molecule has 1 amide bonds. The highest BCUT2D eigenvalue weighted by Crippen LogP contribution is 2.15. The lowest BCUT2D eigenvalue weighted by Gasteiger charge is -2.04. The second kappa shape index (κ2) is 5.12. The summed E-state index contributed by atoms with van der Waals surface area (Å²) < 4.78 is 0. The summed E-state index contributed by atoms with van der Waals surface area (Å²) in [6.07, 6.45) is 0. The van der Waals surface area contributed by atoms with Crippen molar-refractivity contribution in [3.63, 3.8) is 0 Å². The maximum absolute atomic E-state index is 11.7. The lowest BCUT2D eigenvalue weighted by Crippen LogP contribution is -2.24. The van der Waals surface area contributed by atoms with Gasteiger partial charge in [0.05, 0.1) is 0 Å². The molecule has 0 fully saturated rings. The molecule has 3 heteroatoms. The fraction of sp³-hybridized carbons (Fsp3) is 0.154. The minimum Gasteiger partial charge on any atom is -0.351 e. The molecule has 82 valence electrons. The van der Waals surface area contributed by atoms with Crippen LogP contribution in [0.5, 0.6) is 0 Å². The van der Waals surface area contributed by atoms with Gasteiger partial charge in [-0.25, -0.2) is 0 Å². The molecule has 0 atom stereocenters. The molecule has 2 aromatic rings. The Kier molecular flexibility index (Phi) is 3.57. The Bertz CT molecular complexity index is 510. The highest BCUT2D eigenvalue weighted by atomic mass is 79.9. The van der Waals surface area contributed by atoms with Crippen LogP contribution < -0.4 is 5.32 Å². The smallest absolute Gasteiger partial charge is 0.251 e. The Morgan fingerprint density at radius 1 is 1.12 bits per heavy atom. The molecule has 2 nitrogen and oxygen atoms in total. The monoisotopic (exact) mass is 277 g/mol. The molecule has 0 aromatic heterocycles. The Morgan fingerprint density at radius 2 is 1.88 bits per heavy atom. The zero-order chi connectivity index (χ0) is 11.4. The van der Waals surface area contributed by atoms with Gasteiger partial charge in [0.2, 0.25) is 0 Å². The van der Waals surface area contributed by atoms with Gasteiger partial charge in [-0.15, -0.1) is 0 Å². The van der Waals surface area contributed by atoms with Crippen LogP contribution >= 0.6 is 15.9 Å². The first-order valence-corrected chi connectivity index (χ1v) is 6.26. The third-order valence-corrected chi connectivity index (χ3v) is 2.79. The number of alkyl halides is 1. The molecule has 0 saturated carbocycles. The molecular weight excluding hydrogens is 266 g/mol. The van der Waals surface area contributed by atoms with E-state index in [9.17, 15) is 4.79 Å². The number of amides is 1. The van der Waals surface area contributed by atoms with Crippen molar-refractivity contribution in [2.24, 2.45) is 0 Å². The zero-order valence-electron chi connectivity index (χ0n) is 8.74. The summed E-state index contributed by atoms with van der Waals surface area (Å²) in [5.41, 5.74) is 0.708. The molecule has 0 saturated heterocycles. The lowest BCUT2D eigenvalue weighted by atomic mass is 10.1. The summed E-state index contributed by atoms with van der Waals surface area (Å²) in [6, 6.07) is 13.8. The van der Waals surface area contributed by atoms with Gasteiger partial charge in [0.15, 0.2) is 0 Å². The highest BCUT2D eigenvalue weighted by Gasteiger charge is 2.04. The van der Waals surface area contributed by atoms with E-state index in [4.69, 9.17) is 0 Å². The number of nitrogens with one attached hydrogen (secondary N) is 1. The normalized spacial score (nSPS) is 10.3. The molecule has 0 spiro atoms.